The van der Waals surface area contributed by atoms with E-state index in [0.29, 0.717) is 6.54 Å². The van der Waals surface area contributed by atoms with Gasteiger partial charge in [-0.2, -0.15) is 0 Å². The van der Waals surface area contributed by atoms with Gasteiger partial charge in [0.05, 0.1) is 5.56 Å². The lowest BCUT2D eigenvalue weighted by molar-refractivity contribution is 0.0636. The third kappa shape index (κ3) is 3.13. The van der Waals surface area contributed by atoms with Gasteiger partial charge in [-0.1, -0.05) is 12.1 Å². The van der Waals surface area contributed by atoms with E-state index in [1.807, 2.05) is 6.92 Å². The van der Waals surface area contributed by atoms with Crippen molar-refractivity contribution in [2.75, 3.05) is 6.54 Å². The molecule has 1 aromatic rings. The first-order valence-electron chi connectivity index (χ1n) is 6.94. The molecule has 1 saturated carbocycles. The van der Waals surface area contributed by atoms with E-state index in [1.54, 1.807) is 23.1 Å². The fraction of sp³-hybridized carbons (Fsp3) is 0.533. The van der Waals surface area contributed by atoms with Gasteiger partial charge in [-0.25, -0.2) is 4.39 Å². The Bertz CT molecular complexity index is 442. The van der Waals surface area contributed by atoms with Crippen molar-refractivity contribution in [2.24, 2.45) is 5.73 Å². The number of halogens is 1. The van der Waals surface area contributed by atoms with E-state index in [-0.39, 0.29) is 23.6 Å². The number of hydrogen-bond donors (Lipinski definition) is 1. The van der Waals surface area contributed by atoms with Gasteiger partial charge in [0, 0.05) is 18.6 Å². The highest BCUT2D eigenvalue weighted by atomic mass is 19.1. The van der Waals surface area contributed by atoms with Crippen molar-refractivity contribution in [3.63, 3.8) is 0 Å². The number of benzene rings is 1. The molecule has 0 unspecified atom stereocenters. The molecule has 1 aliphatic rings. The molecule has 0 bridgehead atoms. The molecule has 19 heavy (non-hydrogen) atoms. The van der Waals surface area contributed by atoms with Crippen LogP contribution in [0.1, 0.15) is 43.0 Å². The molecule has 3 nitrogen and oxygen atoms in total. The van der Waals surface area contributed by atoms with Crippen LogP contribution in [0.4, 0.5) is 4.39 Å². The smallest absolute Gasteiger partial charge is 0.257 e. The summed E-state index contributed by atoms with van der Waals surface area (Å²) in [6, 6.07) is 6.62. The van der Waals surface area contributed by atoms with E-state index in [2.05, 4.69) is 0 Å². The number of rotatable bonds is 3. The maximum Gasteiger partial charge on any atom is 0.257 e. The third-order valence-corrected chi connectivity index (χ3v) is 3.89. The van der Waals surface area contributed by atoms with Gasteiger partial charge in [0.15, 0.2) is 0 Å². The summed E-state index contributed by atoms with van der Waals surface area (Å²) < 4.78 is 13.7. The van der Waals surface area contributed by atoms with Crippen molar-refractivity contribution in [2.45, 2.75) is 44.7 Å². The van der Waals surface area contributed by atoms with E-state index >= 15 is 0 Å². The van der Waals surface area contributed by atoms with Gasteiger partial charge in [0.25, 0.3) is 5.91 Å². The lowest BCUT2D eigenvalue weighted by Crippen LogP contribution is -2.44. The van der Waals surface area contributed by atoms with Gasteiger partial charge in [-0.3, -0.25) is 4.79 Å². The highest BCUT2D eigenvalue weighted by molar-refractivity contribution is 5.94. The molecule has 0 atom stereocenters. The Hall–Kier alpha value is -1.42. The highest BCUT2D eigenvalue weighted by Crippen LogP contribution is 2.24. The number of nitrogens with two attached hydrogens (primary N) is 1. The average molecular weight is 264 g/mol. The van der Waals surface area contributed by atoms with Gasteiger partial charge in [0.1, 0.15) is 5.82 Å². The second-order valence-corrected chi connectivity index (χ2v) is 5.14. The minimum Gasteiger partial charge on any atom is -0.336 e. The summed E-state index contributed by atoms with van der Waals surface area (Å²) in [6.07, 6.45) is 3.70. The Kier molecular flexibility index (Phi) is 4.53. The van der Waals surface area contributed by atoms with E-state index in [1.165, 1.54) is 6.07 Å². The zero-order chi connectivity index (χ0) is 13.8. The Labute approximate surface area is 113 Å². The number of carbonyl (C=O) groups is 1. The van der Waals surface area contributed by atoms with Crippen molar-refractivity contribution >= 4 is 5.91 Å². The van der Waals surface area contributed by atoms with Gasteiger partial charge >= 0.3 is 0 Å². The maximum absolute atomic E-state index is 13.7. The first kappa shape index (κ1) is 14.0. The fourth-order valence-electron chi connectivity index (χ4n) is 2.77. The summed E-state index contributed by atoms with van der Waals surface area (Å²) in [6.45, 7) is 2.54. The molecule has 2 N–H and O–H groups in total. The van der Waals surface area contributed by atoms with Gasteiger partial charge < -0.3 is 10.6 Å². The van der Waals surface area contributed by atoms with Gasteiger partial charge in [0.2, 0.25) is 0 Å². The number of nitrogens with zero attached hydrogens (tertiary/aromatic N) is 1. The fourth-order valence-corrected chi connectivity index (χ4v) is 2.77. The molecule has 0 aromatic heterocycles. The molecule has 1 fully saturated rings. The van der Waals surface area contributed by atoms with Crippen LogP contribution in [-0.4, -0.2) is 29.4 Å². The second-order valence-electron chi connectivity index (χ2n) is 5.14. The molecular formula is C15H21FN2O. The zero-order valence-electron chi connectivity index (χ0n) is 11.3. The van der Waals surface area contributed by atoms with Crippen LogP contribution in [0.25, 0.3) is 0 Å². The number of hydrogen-bond acceptors (Lipinski definition) is 2. The third-order valence-electron chi connectivity index (χ3n) is 3.89. The summed E-state index contributed by atoms with van der Waals surface area (Å²) in [4.78, 5) is 14.2. The van der Waals surface area contributed by atoms with Crippen LogP contribution >= 0.6 is 0 Å². The van der Waals surface area contributed by atoms with Crippen molar-refractivity contribution in [1.82, 2.24) is 4.90 Å². The second kappa shape index (κ2) is 6.15. The molecule has 1 aromatic carbocycles. The van der Waals surface area contributed by atoms with E-state index in [4.69, 9.17) is 5.73 Å². The summed E-state index contributed by atoms with van der Waals surface area (Å²) in [5, 5.41) is 0. The largest absolute Gasteiger partial charge is 0.336 e. The Morgan fingerprint density at radius 3 is 2.53 bits per heavy atom. The van der Waals surface area contributed by atoms with E-state index < -0.39 is 5.82 Å². The topological polar surface area (TPSA) is 46.3 Å². The van der Waals surface area contributed by atoms with E-state index in [0.717, 1.165) is 25.7 Å². The number of amides is 1. The molecule has 0 aliphatic heterocycles. The molecule has 104 valence electrons. The Morgan fingerprint density at radius 2 is 1.95 bits per heavy atom. The Morgan fingerprint density at radius 1 is 1.32 bits per heavy atom. The summed E-state index contributed by atoms with van der Waals surface area (Å²) in [5.41, 5.74) is 6.05. The van der Waals surface area contributed by atoms with Crippen LogP contribution in [0, 0.1) is 5.82 Å². The molecule has 1 amide bonds. The van der Waals surface area contributed by atoms with Crippen LogP contribution in [0.15, 0.2) is 24.3 Å². The van der Waals surface area contributed by atoms with Crippen LogP contribution in [-0.2, 0) is 0 Å². The summed E-state index contributed by atoms with van der Waals surface area (Å²) in [7, 11) is 0. The SMILES string of the molecule is CCN(C(=O)c1ccccc1F)C1CCC(N)CC1. The molecule has 1 aliphatic carbocycles. The molecule has 2 rings (SSSR count). The predicted molar refractivity (Wildman–Crippen MR) is 73.3 cm³/mol. The zero-order valence-corrected chi connectivity index (χ0v) is 11.3. The van der Waals surface area contributed by atoms with Gasteiger partial charge in [-0.15, -0.1) is 0 Å². The van der Waals surface area contributed by atoms with Crippen molar-refractivity contribution in [1.29, 1.82) is 0 Å². The molecule has 4 heteroatoms. The quantitative estimate of drug-likeness (QED) is 0.912. The normalized spacial score (nSPS) is 23.1. The molecule has 0 radical (unpaired) electrons. The lowest BCUT2D eigenvalue weighted by atomic mass is 9.90. The van der Waals surface area contributed by atoms with Crippen molar-refractivity contribution in [3.05, 3.63) is 35.6 Å². The monoisotopic (exact) mass is 264 g/mol. The number of carbonyl (C=O) groups excluding carboxylic acids is 1. The predicted octanol–water partition coefficient (Wildman–Crippen LogP) is 2.56. The summed E-state index contributed by atoms with van der Waals surface area (Å²) >= 11 is 0. The molecular weight excluding hydrogens is 243 g/mol. The first-order chi connectivity index (χ1) is 9.13. The highest BCUT2D eigenvalue weighted by Gasteiger charge is 2.28. The van der Waals surface area contributed by atoms with Crippen LogP contribution < -0.4 is 5.73 Å². The van der Waals surface area contributed by atoms with Gasteiger partial charge in [-0.05, 0) is 44.7 Å². The Balaban J connectivity index is 2.13. The van der Waals surface area contributed by atoms with Crippen molar-refractivity contribution in [3.8, 4) is 0 Å². The standard InChI is InChI=1S/C15H21FN2O/c1-2-18(12-9-7-11(17)8-10-12)15(19)13-5-3-4-6-14(13)16/h3-6,11-12H,2,7-10,17H2,1H3. The first-order valence-corrected chi connectivity index (χ1v) is 6.94. The van der Waals surface area contributed by atoms with Crippen molar-refractivity contribution < 1.29 is 9.18 Å². The van der Waals surface area contributed by atoms with Crippen LogP contribution in [0.5, 0.6) is 0 Å². The maximum atomic E-state index is 13.7. The van der Waals surface area contributed by atoms with Crippen LogP contribution in [0.2, 0.25) is 0 Å². The average Bonchev–Trinajstić information content (AvgIpc) is 2.42. The van der Waals surface area contributed by atoms with Crippen LogP contribution in [0.3, 0.4) is 0 Å². The molecule has 0 saturated heterocycles. The minimum atomic E-state index is -0.446. The lowest BCUT2D eigenvalue weighted by Gasteiger charge is -2.35. The molecule has 0 heterocycles. The summed E-state index contributed by atoms with van der Waals surface area (Å²) in [5.74, 6) is -0.653. The van der Waals surface area contributed by atoms with E-state index in [9.17, 15) is 9.18 Å². The minimum absolute atomic E-state index is 0.166. The molecule has 0 spiro atoms.